The Balaban J connectivity index is 2.29. The van der Waals surface area contributed by atoms with Crippen LogP contribution in [0.1, 0.15) is 12.5 Å². The fourth-order valence-electron chi connectivity index (χ4n) is 1.31. The van der Waals surface area contributed by atoms with E-state index in [4.69, 9.17) is 4.74 Å². The molecule has 1 heterocycles. The van der Waals surface area contributed by atoms with Gasteiger partial charge in [-0.25, -0.2) is 4.79 Å². The third kappa shape index (κ3) is 1.74. The van der Waals surface area contributed by atoms with Crippen LogP contribution in [0.25, 0.3) is 6.08 Å². The Morgan fingerprint density at radius 1 is 1.21 bits per heavy atom. The lowest BCUT2D eigenvalue weighted by Crippen LogP contribution is -1.90. The Hall–Kier alpha value is -1.83. The van der Waals surface area contributed by atoms with E-state index >= 15 is 0 Å². The van der Waals surface area contributed by atoms with Gasteiger partial charge in [0.15, 0.2) is 0 Å². The van der Waals surface area contributed by atoms with Gasteiger partial charge in [0.25, 0.3) is 0 Å². The van der Waals surface area contributed by atoms with Gasteiger partial charge >= 0.3 is 5.97 Å². The highest BCUT2D eigenvalue weighted by Crippen LogP contribution is 2.21. The second-order valence-corrected chi connectivity index (χ2v) is 3.17. The summed E-state index contributed by atoms with van der Waals surface area (Å²) < 4.78 is 5.01. The summed E-state index contributed by atoms with van der Waals surface area (Å²) in [5.41, 5.74) is 1.91. The molecule has 2 heteroatoms. The average molecular weight is 186 g/mol. The molecule has 1 aromatic carbocycles. The Morgan fingerprint density at radius 2 is 1.93 bits per heavy atom. The Labute approximate surface area is 82.5 Å². The fourth-order valence-corrected chi connectivity index (χ4v) is 1.31. The number of esters is 1. The first-order valence-electron chi connectivity index (χ1n) is 4.43. The molecule has 1 aromatic rings. The van der Waals surface area contributed by atoms with E-state index < -0.39 is 0 Å². The minimum atomic E-state index is -0.287. The third-order valence-electron chi connectivity index (χ3n) is 2.03. The Bertz CT molecular complexity index is 413. The van der Waals surface area contributed by atoms with Crippen molar-refractivity contribution in [3.05, 3.63) is 53.3 Å². The molecule has 0 saturated heterocycles. The van der Waals surface area contributed by atoms with E-state index in [1.54, 1.807) is 0 Å². The van der Waals surface area contributed by atoms with Crippen molar-refractivity contribution in [2.75, 3.05) is 0 Å². The van der Waals surface area contributed by atoms with E-state index in [1.807, 2.05) is 43.3 Å². The van der Waals surface area contributed by atoms with Gasteiger partial charge in [0.05, 0.1) is 0 Å². The lowest BCUT2D eigenvalue weighted by atomic mass is 10.1. The fraction of sp³-hybridized carbons (Fsp3) is 0.0833. The zero-order chi connectivity index (χ0) is 9.97. The average Bonchev–Trinajstić information content (AvgIpc) is 2.47. The van der Waals surface area contributed by atoms with Gasteiger partial charge in [-0.3, -0.25) is 0 Å². The standard InChI is InChI=1S/C12H10O2/c1-9-7-12(13)14-11(9)8-10-5-3-2-4-6-10/h2-8H,1H3/b11-8+. The molecule has 14 heavy (non-hydrogen) atoms. The molecule has 0 fully saturated rings. The largest absolute Gasteiger partial charge is 0.423 e. The van der Waals surface area contributed by atoms with Crippen LogP contribution in [0.5, 0.6) is 0 Å². The number of ether oxygens (including phenoxy) is 1. The van der Waals surface area contributed by atoms with E-state index in [0.717, 1.165) is 11.1 Å². The molecule has 70 valence electrons. The minimum Gasteiger partial charge on any atom is -0.423 e. The SMILES string of the molecule is CC1=CC(=O)O/C1=C/c1ccccc1. The van der Waals surface area contributed by atoms with Crippen LogP contribution in [-0.2, 0) is 9.53 Å². The van der Waals surface area contributed by atoms with Gasteiger partial charge in [-0.15, -0.1) is 0 Å². The van der Waals surface area contributed by atoms with Gasteiger partial charge in [0.2, 0.25) is 0 Å². The topological polar surface area (TPSA) is 26.3 Å². The van der Waals surface area contributed by atoms with E-state index in [2.05, 4.69) is 0 Å². The zero-order valence-electron chi connectivity index (χ0n) is 7.86. The van der Waals surface area contributed by atoms with Gasteiger partial charge in [-0.1, -0.05) is 30.3 Å². The summed E-state index contributed by atoms with van der Waals surface area (Å²) in [5.74, 6) is 0.353. The molecule has 0 spiro atoms. The number of hydrogen-bond donors (Lipinski definition) is 0. The lowest BCUT2D eigenvalue weighted by Gasteiger charge is -1.99. The molecular formula is C12H10O2. The molecule has 0 atom stereocenters. The van der Waals surface area contributed by atoms with Crippen LogP contribution in [0.3, 0.4) is 0 Å². The molecule has 2 nitrogen and oxygen atoms in total. The summed E-state index contributed by atoms with van der Waals surface area (Å²) in [4.78, 5) is 10.9. The number of hydrogen-bond acceptors (Lipinski definition) is 2. The first-order valence-corrected chi connectivity index (χ1v) is 4.43. The van der Waals surface area contributed by atoms with Crippen LogP contribution in [-0.4, -0.2) is 5.97 Å². The lowest BCUT2D eigenvalue weighted by molar-refractivity contribution is -0.132. The highest BCUT2D eigenvalue weighted by molar-refractivity contribution is 5.89. The summed E-state index contributed by atoms with van der Waals surface area (Å²) >= 11 is 0. The van der Waals surface area contributed by atoms with Crippen molar-refractivity contribution in [1.82, 2.24) is 0 Å². The number of carbonyl (C=O) groups excluding carboxylic acids is 1. The second-order valence-electron chi connectivity index (χ2n) is 3.17. The first-order chi connectivity index (χ1) is 6.75. The van der Waals surface area contributed by atoms with Crippen LogP contribution in [0.4, 0.5) is 0 Å². The van der Waals surface area contributed by atoms with Crippen molar-refractivity contribution in [2.45, 2.75) is 6.92 Å². The number of cyclic esters (lactones) is 1. The molecule has 0 aliphatic carbocycles. The van der Waals surface area contributed by atoms with Crippen LogP contribution < -0.4 is 0 Å². The van der Waals surface area contributed by atoms with Crippen molar-refractivity contribution in [1.29, 1.82) is 0 Å². The summed E-state index contributed by atoms with van der Waals surface area (Å²) in [6, 6.07) is 9.77. The zero-order valence-corrected chi connectivity index (χ0v) is 7.86. The number of benzene rings is 1. The highest BCUT2D eigenvalue weighted by atomic mass is 16.5. The van der Waals surface area contributed by atoms with Gasteiger partial charge < -0.3 is 4.74 Å². The second kappa shape index (κ2) is 3.50. The molecule has 0 unspecified atom stereocenters. The van der Waals surface area contributed by atoms with Crippen molar-refractivity contribution in [3.8, 4) is 0 Å². The molecular weight excluding hydrogens is 176 g/mol. The normalized spacial score (nSPS) is 18.2. The highest BCUT2D eigenvalue weighted by Gasteiger charge is 2.15. The van der Waals surface area contributed by atoms with E-state index in [9.17, 15) is 4.79 Å². The summed E-state index contributed by atoms with van der Waals surface area (Å²) in [5, 5.41) is 0. The van der Waals surface area contributed by atoms with Crippen molar-refractivity contribution >= 4 is 12.0 Å². The first kappa shape index (κ1) is 8.75. The molecule has 0 saturated carbocycles. The molecule has 1 aliphatic rings. The molecule has 0 radical (unpaired) electrons. The van der Waals surface area contributed by atoms with E-state index in [-0.39, 0.29) is 5.97 Å². The monoisotopic (exact) mass is 186 g/mol. The minimum absolute atomic E-state index is 0.287. The number of allylic oxidation sites excluding steroid dienone is 1. The van der Waals surface area contributed by atoms with Crippen LogP contribution in [0, 0.1) is 0 Å². The third-order valence-corrected chi connectivity index (χ3v) is 2.03. The van der Waals surface area contributed by atoms with Crippen LogP contribution >= 0.6 is 0 Å². The quantitative estimate of drug-likeness (QED) is 0.630. The molecule has 0 N–H and O–H groups in total. The molecule has 0 bridgehead atoms. The predicted molar refractivity (Wildman–Crippen MR) is 54.3 cm³/mol. The predicted octanol–water partition coefficient (Wildman–Crippen LogP) is 2.53. The van der Waals surface area contributed by atoms with E-state index in [1.165, 1.54) is 6.08 Å². The Morgan fingerprint density at radius 3 is 2.50 bits per heavy atom. The van der Waals surface area contributed by atoms with Crippen LogP contribution in [0.2, 0.25) is 0 Å². The van der Waals surface area contributed by atoms with Gasteiger partial charge in [0, 0.05) is 6.08 Å². The summed E-state index contributed by atoms with van der Waals surface area (Å²) in [6.07, 6.45) is 3.35. The maximum absolute atomic E-state index is 10.9. The molecule has 2 rings (SSSR count). The maximum atomic E-state index is 10.9. The number of carbonyl (C=O) groups is 1. The van der Waals surface area contributed by atoms with Gasteiger partial charge in [-0.2, -0.15) is 0 Å². The van der Waals surface area contributed by atoms with E-state index in [0.29, 0.717) is 5.76 Å². The summed E-state index contributed by atoms with van der Waals surface area (Å²) in [7, 11) is 0. The van der Waals surface area contributed by atoms with Gasteiger partial charge in [0.1, 0.15) is 5.76 Å². The van der Waals surface area contributed by atoms with Crippen LogP contribution in [0.15, 0.2) is 47.7 Å². The molecule has 0 amide bonds. The molecule has 0 aromatic heterocycles. The van der Waals surface area contributed by atoms with Crippen molar-refractivity contribution in [2.24, 2.45) is 0 Å². The molecule has 1 aliphatic heterocycles. The Kier molecular flexibility index (Phi) is 2.19. The van der Waals surface area contributed by atoms with Crippen molar-refractivity contribution in [3.63, 3.8) is 0 Å². The van der Waals surface area contributed by atoms with Crippen molar-refractivity contribution < 1.29 is 9.53 Å². The maximum Gasteiger partial charge on any atom is 0.336 e. The van der Waals surface area contributed by atoms with Gasteiger partial charge in [-0.05, 0) is 24.1 Å². The smallest absolute Gasteiger partial charge is 0.336 e. The number of rotatable bonds is 1. The summed E-state index contributed by atoms with van der Waals surface area (Å²) in [6.45, 7) is 1.86.